The number of rotatable bonds is 3. The van der Waals surface area contributed by atoms with Gasteiger partial charge in [0.2, 0.25) is 0 Å². The lowest BCUT2D eigenvalue weighted by Gasteiger charge is -1.92. The number of hydrogen-bond donors (Lipinski definition) is 0. The molecular weight excluding hydrogens is 108 g/mol. The van der Waals surface area contributed by atoms with Crippen molar-refractivity contribution in [2.75, 3.05) is 0 Å². The fourth-order valence-corrected chi connectivity index (χ4v) is 0.749. The molecule has 0 N–H and O–H groups in total. The molecule has 50 valence electrons. The zero-order valence-electron chi connectivity index (χ0n) is 6.28. The SMILES string of the molecule is C#C/C(=C/CC)CCC. The molecule has 0 aliphatic carbocycles. The minimum Gasteiger partial charge on any atom is -0.115 e. The quantitative estimate of drug-likeness (QED) is 0.505. The van der Waals surface area contributed by atoms with Crippen LogP contribution in [0.2, 0.25) is 0 Å². The van der Waals surface area contributed by atoms with Gasteiger partial charge in [-0.25, -0.2) is 0 Å². The van der Waals surface area contributed by atoms with Crippen molar-refractivity contribution < 1.29 is 0 Å². The first-order chi connectivity index (χ1) is 4.35. The van der Waals surface area contributed by atoms with E-state index in [1.807, 2.05) is 0 Å². The van der Waals surface area contributed by atoms with Crippen LogP contribution in [0.4, 0.5) is 0 Å². The summed E-state index contributed by atoms with van der Waals surface area (Å²) in [4.78, 5) is 0. The van der Waals surface area contributed by atoms with Gasteiger partial charge >= 0.3 is 0 Å². The average molecular weight is 122 g/mol. The normalized spacial score (nSPS) is 11.0. The lowest BCUT2D eigenvalue weighted by molar-refractivity contribution is 0.924. The van der Waals surface area contributed by atoms with E-state index in [2.05, 4.69) is 25.8 Å². The van der Waals surface area contributed by atoms with Gasteiger partial charge in [0.25, 0.3) is 0 Å². The molecule has 0 rings (SSSR count). The van der Waals surface area contributed by atoms with Crippen molar-refractivity contribution in [3.63, 3.8) is 0 Å². The molecule has 9 heavy (non-hydrogen) atoms. The number of allylic oxidation sites excluding steroid dienone is 2. The molecule has 0 aliphatic heterocycles. The molecule has 0 unspecified atom stereocenters. The van der Waals surface area contributed by atoms with E-state index in [1.54, 1.807) is 0 Å². The van der Waals surface area contributed by atoms with Crippen molar-refractivity contribution in [3.05, 3.63) is 11.6 Å². The molecule has 0 radical (unpaired) electrons. The Morgan fingerprint density at radius 2 is 2.22 bits per heavy atom. The van der Waals surface area contributed by atoms with Crippen LogP contribution in [0, 0.1) is 12.3 Å². The smallest absolute Gasteiger partial charge is 0.00225 e. The van der Waals surface area contributed by atoms with Gasteiger partial charge in [0.15, 0.2) is 0 Å². The third-order valence-electron chi connectivity index (χ3n) is 1.16. The third-order valence-corrected chi connectivity index (χ3v) is 1.16. The van der Waals surface area contributed by atoms with Gasteiger partial charge in [-0.1, -0.05) is 32.3 Å². The first-order valence-electron chi connectivity index (χ1n) is 3.50. The van der Waals surface area contributed by atoms with Crippen LogP contribution in [-0.4, -0.2) is 0 Å². The number of terminal acetylenes is 1. The lowest BCUT2D eigenvalue weighted by atomic mass is 10.1. The number of hydrogen-bond acceptors (Lipinski definition) is 0. The van der Waals surface area contributed by atoms with Crippen molar-refractivity contribution in [3.8, 4) is 12.3 Å². The molecule has 0 bridgehead atoms. The van der Waals surface area contributed by atoms with Crippen LogP contribution in [0.25, 0.3) is 0 Å². The molecule has 0 aromatic heterocycles. The van der Waals surface area contributed by atoms with E-state index < -0.39 is 0 Å². The summed E-state index contributed by atoms with van der Waals surface area (Å²) >= 11 is 0. The second-order valence-electron chi connectivity index (χ2n) is 2.03. The maximum Gasteiger partial charge on any atom is -0.00225 e. The zero-order chi connectivity index (χ0) is 7.11. The first kappa shape index (κ1) is 8.30. The standard InChI is InChI=1S/C9H14/c1-4-7-9(6-3)8-5-2/h3,7H,4-5,8H2,1-2H3/b9-7-. The molecule has 0 aromatic carbocycles. The predicted octanol–water partition coefficient (Wildman–Crippen LogP) is 2.76. The van der Waals surface area contributed by atoms with Gasteiger partial charge in [-0.15, -0.1) is 6.42 Å². The second kappa shape index (κ2) is 5.44. The van der Waals surface area contributed by atoms with Crippen LogP contribution in [0.3, 0.4) is 0 Å². The average Bonchev–Trinajstić information content (AvgIpc) is 1.88. The van der Waals surface area contributed by atoms with Crippen LogP contribution in [-0.2, 0) is 0 Å². The summed E-state index contributed by atoms with van der Waals surface area (Å²) in [5, 5.41) is 0. The highest BCUT2D eigenvalue weighted by atomic mass is 13.9. The predicted molar refractivity (Wildman–Crippen MR) is 42.1 cm³/mol. The molecule has 0 atom stereocenters. The zero-order valence-corrected chi connectivity index (χ0v) is 6.28. The van der Waals surface area contributed by atoms with Crippen LogP contribution in [0.1, 0.15) is 33.1 Å². The van der Waals surface area contributed by atoms with E-state index in [4.69, 9.17) is 6.42 Å². The first-order valence-corrected chi connectivity index (χ1v) is 3.50. The van der Waals surface area contributed by atoms with Gasteiger partial charge in [0.1, 0.15) is 0 Å². The van der Waals surface area contributed by atoms with Gasteiger partial charge in [0.05, 0.1) is 0 Å². The Balaban J connectivity index is 3.71. The van der Waals surface area contributed by atoms with Crippen LogP contribution < -0.4 is 0 Å². The Labute approximate surface area is 58.0 Å². The minimum absolute atomic E-state index is 1.06. The molecule has 0 saturated carbocycles. The molecular formula is C9H14. The van der Waals surface area contributed by atoms with E-state index in [0.717, 1.165) is 24.8 Å². The monoisotopic (exact) mass is 122 g/mol. The molecule has 0 saturated heterocycles. The van der Waals surface area contributed by atoms with Gasteiger partial charge in [0, 0.05) is 0 Å². The summed E-state index contributed by atoms with van der Waals surface area (Å²) in [6.07, 6.45) is 10.6. The fourth-order valence-electron chi connectivity index (χ4n) is 0.749. The summed E-state index contributed by atoms with van der Waals surface area (Å²) < 4.78 is 0. The highest BCUT2D eigenvalue weighted by molar-refractivity contribution is 5.24. The Morgan fingerprint density at radius 1 is 1.56 bits per heavy atom. The van der Waals surface area contributed by atoms with Gasteiger partial charge in [-0.2, -0.15) is 0 Å². The Kier molecular flexibility index (Phi) is 5.01. The minimum atomic E-state index is 1.06. The van der Waals surface area contributed by atoms with E-state index in [0.29, 0.717) is 0 Å². The molecule has 0 heterocycles. The van der Waals surface area contributed by atoms with E-state index in [9.17, 15) is 0 Å². The lowest BCUT2D eigenvalue weighted by Crippen LogP contribution is -1.76. The van der Waals surface area contributed by atoms with Gasteiger partial charge in [-0.3, -0.25) is 0 Å². The van der Waals surface area contributed by atoms with Crippen molar-refractivity contribution in [2.45, 2.75) is 33.1 Å². The highest BCUT2D eigenvalue weighted by Crippen LogP contribution is 2.03. The van der Waals surface area contributed by atoms with Gasteiger partial charge < -0.3 is 0 Å². The highest BCUT2D eigenvalue weighted by Gasteiger charge is 1.86. The molecule has 0 nitrogen and oxygen atoms in total. The molecule has 0 heteroatoms. The van der Waals surface area contributed by atoms with E-state index >= 15 is 0 Å². The second-order valence-corrected chi connectivity index (χ2v) is 2.03. The third kappa shape index (κ3) is 3.85. The maximum atomic E-state index is 5.23. The van der Waals surface area contributed by atoms with Crippen molar-refractivity contribution in [2.24, 2.45) is 0 Å². The Bertz CT molecular complexity index is 123. The Morgan fingerprint density at radius 3 is 2.56 bits per heavy atom. The summed E-state index contributed by atoms with van der Waals surface area (Å²) in [6, 6.07) is 0. The summed E-state index contributed by atoms with van der Waals surface area (Å²) in [5.41, 5.74) is 1.15. The largest absolute Gasteiger partial charge is 0.115 e. The molecule has 0 spiro atoms. The summed E-state index contributed by atoms with van der Waals surface area (Å²) in [6.45, 7) is 4.24. The maximum absolute atomic E-state index is 5.23. The van der Waals surface area contributed by atoms with Crippen LogP contribution in [0.15, 0.2) is 11.6 Å². The van der Waals surface area contributed by atoms with Crippen LogP contribution in [0.5, 0.6) is 0 Å². The summed E-state index contributed by atoms with van der Waals surface area (Å²) in [5.74, 6) is 2.66. The molecule has 0 aromatic rings. The van der Waals surface area contributed by atoms with Crippen molar-refractivity contribution >= 4 is 0 Å². The topological polar surface area (TPSA) is 0 Å². The van der Waals surface area contributed by atoms with E-state index in [1.165, 1.54) is 0 Å². The van der Waals surface area contributed by atoms with Gasteiger partial charge in [-0.05, 0) is 18.4 Å². The summed E-state index contributed by atoms with van der Waals surface area (Å²) in [7, 11) is 0. The Hall–Kier alpha value is -0.700. The fraction of sp³-hybridized carbons (Fsp3) is 0.556. The van der Waals surface area contributed by atoms with Crippen molar-refractivity contribution in [1.29, 1.82) is 0 Å². The molecule has 0 aliphatic rings. The van der Waals surface area contributed by atoms with Crippen molar-refractivity contribution in [1.82, 2.24) is 0 Å². The molecule has 0 amide bonds. The van der Waals surface area contributed by atoms with E-state index in [-0.39, 0.29) is 0 Å². The van der Waals surface area contributed by atoms with Crippen LogP contribution >= 0.6 is 0 Å². The molecule has 0 fully saturated rings.